The van der Waals surface area contributed by atoms with Crippen molar-refractivity contribution in [2.24, 2.45) is 0 Å². The van der Waals surface area contributed by atoms with Crippen LogP contribution in [0.25, 0.3) is 0 Å². The number of benzene rings is 1. The average Bonchev–Trinajstić information content (AvgIpc) is 2.04. The van der Waals surface area contributed by atoms with Crippen molar-refractivity contribution in [3.05, 3.63) is 33.1 Å². The summed E-state index contributed by atoms with van der Waals surface area (Å²) in [6, 6.07) is 4.11. The number of carbonyl (C=O) groups excluding carboxylic acids is 1. The minimum Gasteiger partial charge on any atom is -0.294 e. The van der Waals surface area contributed by atoms with Crippen molar-refractivity contribution in [2.75, 3.05) is 5.88 Å². The minimum atomic E-state index is -0.327. The highest BCUT2D eigenvalue weighted by atomic mass is 127. The first-order valence-corrected chi connectivity index (χ1v) is 5.30. The topological polar surface area (TPSA) is 17.1 Å². The van der Waals surface area contributed by atoms with Gasteiger partial charge in [-0.25, -0.2) is 4.39 Å². The molecule has 1 aromatic carbocycles. The van der Waals surface area contributed by atoms with E-state index in [0.29, 0.717) is 21.4 Å². The van der Waals surface area contributed by atoms with Crippen molar-refractivity contribution in [3.63, 3.8) is 0 Å². The summed E-state index contributed by atoms with van der Waals surface area (Å²) in [5.74, 6) is -0.0713. The Kier molecular flexibility index (Phi) is 4.12. The molecular formula is C9H7ClFIO. The number of rotatable bonds is 3. The van der Waals surface area contributed by atoms with Gasteiger partial charge in [-0.3, -0.25) is 4.79 Å². The maximum Gasteiger partial charge on any atom is 0.165 e. The summed E-state index contributed by atoms with van der Waals surface area (Å²) in [5, 5.41) is 0. The van der Waals surface area contributed by atoms with Gasteiger partial charge in [0.1, 0.15) is 5.82 Å². The smallest absolute Gasteiger partial charge is 0.165 e. The van der Waals surface area contributed by atoms with E-state index < -0.39 is 0 Å². The summed E-state index contributed by atoms with van der Waals surface area (Å²) in [6.07, 6.45) is 0.295. The standard InChI is InChI=1S/C9H7ClFIO/c10-4-3-9(13)7-2-1-6(11)5-8(7)12/h1-2,5H,3-4H2. The Hall–Kier alpha value is -0.160. The molecule has 0 saturated heterocycles. The van der Waals surface area contributed by atoms with Crippen molar-refractivity contribution in [2.45, 2.75) is 6.42 Å². The quantitative estimate of drug-likeness (QED) is 0.476. The Morgan fingerprint density at radius 3 is 2.77 bits per heavy atom. The molecule has 13 heavy (non-hydrogen) atoms. The Morgan fingerprint density at radius 2 is 2.23 bits per heavy atom. The van der Waals surface area contributed by atoms with E-state index in [9.17, 15) is 9.18 Å². The number of Topliss-reactive ketones (excluding diaryl/α,β-unsaturated/α-hetero) is 1. The second kappa shape index (κ2) is 4.91. The lowest BCUT2D eigenvalue weighted by molar-refractivity contribution is 0.0988. The molecule has 0 aliphatic rings. The van der Waals surface area contributed by atoms with E-state index in [0.717, 1.165) is 0 Å². The van der Waals surface area contributed by atoms with Crippen LogP contribution in [0, 0.1) is 9.39 Å². The Morgan fingerprint density at radius 1 is 1.54 bits per heavy atom. The van der Waals surface area contributed by atoms with Crippen molar-refractivity contribution < 1.29 is 9.18 Å². The molecule has 0 amide bonds. The predicted molar refractivity (Wildman–Crippen MR) is 58.8 cm³/mol. The molecule has 70 valence electrons. The minimum absolute atomic E-state index is 0.0422. The van der Waals surface area contributed by atoms with E-state index in [1.165, 1.54) is 18.2 Å². The van der Waals surface area contributed by atoms with Gasteiger partial charge < -0.3 is 0 Å². The molecular weight excluding hydrogens is 305 g/mol. The van der Waals surface area contributed by atoms with Gasteiger partial charge in [-0.2, -0.15) is 0 Å². The number of hydrogen-bond donors (Lipinski definition) is 0. The summed E-state index contributed by atoms with van der Waals surface area (Å²) in [7, 11) is 0. The molecule has 0 radical (unpaired) electrons. The van der Waals surface area contributed by atoms with Crippen LogP contribution in [-0.2, 0) is 0 Å². The molecule has 1 nitrogen and oxygen atoms in total. The van der Waals surface area contributed by atoms with Crippen LogP contribution < -0.4 is 0 Å². The monoisotopic (exact) mass is 312 g/mol. The van der Waals surface area contributed by atoms with E-state index in [1.54, 1.807) is 0 Å². The fourth-order valence-electron chi connectivity index (χ4n) is 0.936. The van der Waals surface area contributed by atoms with Gasteiger partial charge in [-0.05, 0) is 40.8 Å². The predicted octanol–water partition coefficient (Wildman–Crippen LogP) is 3.24. The molecule has 0 spiro atoms. The van der Waals surface area contributed by atoms with Crippen LogP contribution in [0.1, 0.15) is 16.8 Å². The Balaban J connectivity index is 2.95. The maximum atomic E-state index is 12.7. The summed E-state index contributed by atoms with van der Waals surface area (Å²) in [4.78, 5) is 11.4. The van der Waals surface area contributed by atoms with Crippen molar-refractivity contribution in [1.82, 2.24) is 0 Å². The number of ketones is 1. The second-order valence-corrected chi connectivity index (χ2v) is 4.03. The molecule has 0 fully saturated rings. The van der Waals surface area contributed by atoms with Gasteiger partial charge in [-0.1, -0.05) is 0 Å². The van der Waals surface area contributed by atoms with Crippen LogP contribution in [0.4, 0.5) is 4.39 Å². The molecule has 4 heteroatoms. The summed E-state index contributed by atoms with van der Waals surface area (Å²) >= 11 is 7.37. The summed E-state index contributed by atoms with van der Waals surface area (Å²) < 4.78 is 13.3. The van der Waals surface area contributed by atoms with Gasteiger partial charge in [0.25, 0.3) is 0 Å². The first-order valence-electron chi connectivity index (χ1n) is 3.69. The number of alkyl halides is 1. The zero-order valence-corrected chi connectivity index (χ0v) is 9.60. The van der Waals surface area contributed by atoms with E-state index in [1.807, 2.05) is 22.6 Å². The van der Waals surface area contributed by atoms with Crippen LogP contribution >= 0.6 is 34.2 Å². The lowest BCUT2D eigenvalue weighted by atomic mass is 10.1. The zero-order chi connectivity index (χ0) is 9.84. The zero-order valence-electron chi connectivity index (χ0n) is 6.69. The third-order valence-electron chi connectivity index (χ3n) is 1.55. The van der Waals surface area contributed by atoms with Crippen LogP contribution in [-0.4, -0.2) is 11.7 Å². The van der Waals surface area contributed by atoms with Crippen LogP contribution in [0.5, 0.6) is 0 Å². The molecule has 0 N–H and O–H groups in total. The van der Waals surface area contributed by atoms with E-state index in [4.69, 9.17) is 11.6 Å². The van der Waals surface area contributed by atoms with Gasteiger partial charge in [0, 0.05) is 21.4 Å². The van der Waals surface area contributed by atoms with E-state index in [-0.39, 0.29) is 11.6 Å². The van der Waals surface area contributed by atoms with Gasteiger partial charge in [0.05, 0.1) is 0 Å². The molecule has 1 aromatic rings. The molecule has 0 aliphatic carbocycles. The highest BCUT2D eigenvalue weighted by Gasteiger charge is 2.09. The molecule has 0 bridgehead atoms. The largest absolute Gasteiger partial charge is 0.294 e. The first kappa shape index (κ1) is 10.9. The summed E-state index contributed by atoms with van der Waals surface area (Å²) in [5.41, 5.74) is 0.544. The molecule has 0 atom stereocenters. The van der Waals surface area contributed by atoms with Crippen LogP contribution in [0.3, 0.4) is 0 Å². The number of hydrogen-bond acceptors (Lipinski definition) is 1. The van der Waals surface area contributed by atoms with Crippen LogP contribution in [0.15, 0.2) is 18.2 Å². The second-order valence-electron chi connectivity index (χ2n) is 2.49. The van der Waals surface area contributed by atoms with Gasteiger partial charge in [0.15, 0.2) is 5.78 Å². The molecule has 0 saturated carbocycles. The number of halogens is 3. The molecule has 0 aliphatic heterocycles. The Labute approximate surface area is 94.4 Å². The lowest BCUT2D eigenvalue weighted by Crippen LogP contribution is -2.02. The van der Waals surface area contributed by atoms with E-state index in [2.05, 4.69) is 0 Å². The molecule has 1 rings (SSSR count). The van der Waals surface area contributed by atoms with Gasteiger partial charge in [-0.15, -0.1) is 11.6 Å². The Bertz CT molecular complexity index is 327. The molecule has 0 heterocycles. The van der Waals surface area contributed by atoms with Crippen molar-refractivity contribution in [1.29, 1.82) is 0 Å². The third-order valence-corrected chi connectivity index (χ3v) is 2.63. The average molecular weight is 313 g/mol. The van der Waals surface area contributed by atoms with E-state index >= 15 is 0 Å². The third kappa shape index (κ3) is 2.91. The maximum absolute atomic E-state index is 12.7. The first-order chi connectivity index (χ1) is 6.15. The molecule has 0 aromatic heterocycles. The highest BCUT2D eigenvalue weighted by molar-refractivity contribution is 14.1. The fraction of sp³-hybridized carbons (Fsp3) is 0.222. The molecule has 0 unspecified atom stereocenters. The number of carbonyl (C=O) groups is 1. The SMILES string of the molecule is O=C(CCCl)c1ccc(F)cc1I. The highest BCUT2D eigenvalue weighted by Crippen LogP contribution is 2.15. The van der Waals surface area contributed by atoms with Gasteiger partial charge >= 0.3 is 0 Å². The van der Waals surface area contributed by atoms with Crippen molar-refractivity contribution in [3.8, 4) is 0 Å². The fourth-order valence-corrected chi connectivity index (χ4v) is 1.89. The van der Waals surface area contributed by atoms with Gasteiger partial charge in [0.2, 0.25) is 0 Å². The van der Waals surface area contributed by atoms with Crippen LogP contribution in [0.2, 0.25) is 0 Å². The lowest BCUT2D eigenvalue weighted by Gasteiger charge is -2.01. The summed E-state index contributed by atoms with van der Waals surface area (Å²) in [6.45, 7) is 0. The van der Waals surface area contributed by atoms with Crippen molar-refractivity contribution >= 4 is 40.0 Å². The normalized spacial score (nSPS) is 10.1.